The number of aromatic nitrogens is 3. The fourth-order valence-electron chi connectivity index (χ4n) is 2.48. The van der Waals surface area contributed by atoms with Gasteiger partial charge in [0.25, 0.3) is 0 Å². The first-order valence-electron chi connectivity index (χ1n) is 7.13. The zero-order chi connectivity index (χ0) is 16.0. The average Bonchev–Trinajstić information content (AvgIpc) is 3.19. The monoisotopic (exact) mass is 336 g/mol. The Kier molecular flexibility index (Phi) is 3.47. The van der Waals surface area contributed by atoms with E-state index >= 15 is 0 Å². The molecule has 0 saturated heterocycles. The van der Waals surface area contributed by atoms with Gasteiger partial charge in [0.05, 0.1) is 11.4 Å². The third kappa shape index (κ3) is 2.56. The molecule has 0 bridgehead atoms. The molecule has 0 amide bonds. The summed E-state index contributed by atoms with van der Waals surface area (Å²) in [5.41, 5.74) is 5.77. The van der Waals surface area contributed by atoms with Crippen molar-refractivity contribution in [3.05, 3.63) is 46.4 Å². The van der Waals surface area contributed by atoms with Crippen LogP contribution in [0.4, 0.5) is 10.8 Å². The molecular weight excluding hydrogens is 323 g/mol. The molecule has 2 radical (unpaired) electrons. The van der Waals surface area contributed by atoms with Crippen LogP contribution in [0.15, 0.2) is 35.2 Å². The van der Waals surface area contributed by atoms with E-state index in [9.17, 15) is 0 Å². The summed E-state index contributed by atoms with van der Waals surface area (Å²) < 4.78 is 2.09. The second kappa shape index (κ2) is 5.51. The molecule has 0 aliphatic heterocycles. The standard InChI is InChI=1S/C16H13BN4S2/c1-9-3-4-11(7-12(9)17)19-15-20-13(8-23-15)14-10(2)18-16-21(14)5-6-22-16/h3-8H,1-2H3,(H,19,20). The molecule has 1 aromatic carbocycles. The summed E-state index contributed by atoms with van der Waals surface area (Å²) in [6, 6.07) is 5.94. The number of benzene rings is 1. The number of fused-ring (bicyclic) bond motifs is 1. The number of rotatable bonds is 3. The van der Waals surface area contributed by atoms with Crippen LogP contribution in [0.1, 0.15) is 11.3 Å². The van der Waals surface area contributed by atoms with Crippen molar-refractivity contribution < 1.29 is 0 Å². The quantitative estimate of drug-likeness (QED) is 0.581. The number of imidazole rings is 1. The van der Waals surface area contributed by atoms with Gasteiger partial charge in [0.2, 0.25) is 0 Å². The van der Waals surface area contributed by atoms with Gasteiger partial charge in [-0.2, -0.15) is 0 Å². The molecule has 0 atom stereocenters. The Morgan fingerprint density at radius 1 is 1.17 bits per heavy atom. The van der Waals surface area contributed by atoms with Gasteiger partial charge in [-0.25, -0.2) is 9.97 Å². The smallest absolute Gasteiger partial charge is 0.194 e. The molecule has 3 heterocycles. The van der Waals surface area contributed by atoms with Crippen LogP contribution in [0, 0.1) is 13.8 Å². The lowest BCUT2D eigenvalue weighted by Crippen LogP contribution is -2.07. The van der Waals surface area contributed by atoms with Gasteiger partial charge in [-0.05, 0) is 26.0 Å². The van der Waals surface area contributed by atoms with Gasteiger partial charge in [-0.1, -0.05) is 17.1 Å². The highest BCUT2D eigenvalue weighted by atomic mass is 32.1. The number of hydrogen-bond donors (Lipinski definition) is 1. The van der Waals surface area contributed by atoms with Crippen molar-refractivity contribution in [2.75, 3.05) is 5.32 Å². The highest BCUT2D eigenvalue weighted by molar-refractivity contribution is 7.15. The van der Waals surface area contributed by atoms with Gasteiger partial charge in [0.15, 0.2) is 10.1 Å². The minimum atomic E-state index is 0.776. The van der Waals surface area contributed by atoms with Crippen molar-refractivity contribution in [3.8, 4) is 11.4 Å². The van der Waals surface area contributed by atoms with Crippen LogP contribution < -0.4 is 10.8 Å². The maximum Gasteiger partial charge on any atom is 0.194 e. The van der Waals surface area contributed by atoms with Crippen molar-refractivity contribution >= 4 is 51.8 Å². The average molecular weight is 336 g/mol. The Bertz CT molecular complexity index is 999. The van der Waals surface area contributed by atoms with Crippen molar-refractivity contribution in [1.82, 2.24) is 14.4 Å². The molecule has 7 heteroatoms. The van der Waals surface area contributed by atoms with E-state index < -0.39 is 0 Å². The zero-order valence-electron chi connectivity index (χ0n) is 12.7. The molecule has 4 nitrogen and oxygen atoms in total. The third-order valence-electron chi connectivity index (χ3n) is 3.71. The molecule has 4 rings (SSSR count). The molecule has 1 N–H and O–H groups in total. The fraction of sp³-hybridized carbons (Fsp3) is 0.125. The Balaban J connectivity index is 1.67. The summed E-state index contributed by atoms with van der Waals surface area (Å²) in [5.74, 6) is 0. The third-order valence-corrected chi connectivity index (χ3v) is 5.23. The largest absolute Gasteiger partial charge is 0.332 e. The molecule has 0 saturated carbocycles. The second-order valence-corrected chi connectivity index (χ2v) is 7.07. The number of nitrogens with one attached hydrogen (secondary N) is 1. The predicted molar refractivity (Wildman–Crippen MR) is 98.8 cm³/mol. The Labute approximate surface area is 143 Å². The van der Waals surface area contributed by atoms with E-state index in [-0.39, 0.29) is 0 Å². The molecule has 4 aromatic rings. The molecule has 3 aromatic heterocycles. The van der Waals surface area contributed by atoms with Crippen molar-refractivity contribution in [1.29, 1.82) is 0 Å². The Hall–Kier alpha value is -2.12. The maximum absolute atomic E-state index is 5.96. The van der Waals surface area contributed by atoms with Crippen molar-refractivity contribution in [3.63, 3.8) is 0 Å². The number of nitrogens with zero attached hydrogens (tertiary/aromatic N) is 3. The fourth-order valence-corrected chi connectivity index (χ4v) is 3.96. The second-order valence-electron chi connectivity index (χ2n) is 5.34. The molecule has 23 heavy (non-hydrogen) atoms. The van der Waals surface area contributed by atoms with Gasteiger partial charge in [-0.3, -0.25) is 4.40 Å². The minimum absolute atomic E-state index is 0.776. The van der Waals surface area contributed by atoms with E-state index in [2.05, 4.69) is 14.7 Å². The van der Waals surface area contributed by atoms with Crippen LogP contribution >= 0.6 is 22.7 Å². The van der Waals surface area contributed by atoms with Crippen molar-refractivity contribution in [2.45, 2.75) is 13.8 Å². The van der Waals surface area contributed by atoms with Crippen LogP contribution in [-0.2, 0) is 0 Å². The van der Waals surface area contributed by atoms with Gasteiger partial charge in [-0.15, -0.1) is 22.7 Å². The SMILES string of the molecule is [B]c1cc(Nc2nc(-c3c(C)nc4sccn34)cs2)ccc1C. The molecule has 0 aliphatic carbocycles. The summed E-state index contributed by atoms with van der Waals surface area (Å²) in [6.07, 6.45) is 2.03. The number of anilines is 2. The molecule has 0 fully saturated rings. The van der Waals surface area contributed by atoms with E-state index in [0.717, 1.165) is 43.9 Å². The highest BCUT2D eigenvalue weighted by Gasteiger charge is 2.14. The number of aryl methyl sites for hydroxylation is 2. The van der Waals surface area contributed by atoms with E-state index in [1.807, 2.05) is 49.0 Å². The van der Waals surface area contributed by atoms with Crippen molar-refractivity contribution in [2.24, 2.45) is 0 Å². The molecule has 0 spiro atoms. The lowest BCUT2D eigenvalue weighted by molar-refractivity contribution is 1.20. The molecule has 112 valence electrons. The Morgan fingerprint density at radius 2 is 2.04 bits per heavy atom. The maximum atomic E-state index is 5.96. The summed E-state index contributed by atoms with van der Waals surface area (Å²) in [4.78, 5) is 10.3. The van der Waals surface area contributed by atoms with E-state index in [1.54, 1.807) is 22.7 Å². The zero-order valence-corrected chi connectivity index (χ0v) is 14.3. The molecule has 0 unspecified atom stereocenters. The highest BCUT2D eigenvalue weighted by Crippen LogP contribution is 2.30. The molecule has 0 aliphatic rings. The van der Waals surface area contributed by atoms with Crippen LogP contribution in [0.3, 0.4) is 0 Å². The van der Waals surface area contributed by atoms with E-state index in [1.165, 1.54) is 0 Å². The van der Waals surface area contributed by atoms with E-state index in [0.29, 0.717) is 0 Å². The van der Waals surface area contributed by atoms with Gasteiger partial charge in [0.1, 0.15) is 13.5 Å². The topological polar surface area (TPSA) is 42.2 Å². The summed E-state index contributed by atoms with van der Waals surface area (Å²) in [7, 11) is 5.96. The van der Waals surface area contributed by atoms with Crippen LogP contribution in [-0.4, -0.2) is 22.2 Å². The normalized spacial score (nSPS) is 11.2. The lowest BCUT2D eigenvalue weighted by Gasteiger charge is -2.06. The predicted octanol–water partition coefficient (Wildman–Crippen LogP) is 3.67. The minimum Gasteiger partial charge on any atom is -0.332 e. The van der Waals surface area contributed by atoms with Gasteiger partial charge < -0.3 is 5.32 Å². The van der Waals surface area contributed by atoms with Crippen LogP contribution in [0.2, 0.25) is 0 Å². The van der Waals surface area contributed by atoms with Crippen LogP contribution in [0.25, 0.3) is 16.3 Å². The van der Waals surface area contributed by atoms with Gasteiger partial charge in [0, 0.05) is 22.6 Å². The Morgan fingerprint density at radius 3 is 2.87 bits per heavy atom. The first kappa shape index (κ1) is 14.5. The molecular formula is C16H13BN4S2. The first-order valence-corrected chi connectivity index (χ1v) is 8.89. The van der Waals surface area contributed by atoms with E-state index in [4.69, 9.17) is 12.8 Å². The van der Waals surface area contributed by atoms with Gasteiger partial charge >= 0.3 is 0 Å². The number of thiazole rings is 2. The lowest BCUT2D eigenvalue weighted by atomic mass is 9.91. The first-order chi connectivity index (χ1) is 11.1. The summed E-state index contributed by atoms with van der Waals surface area (Å²) in [5, 5.41) is 8.24. The summed E-state index contributed by atoms with van der Waals surface area (Å²) in [6.45, 7) is 4.01. The van der Waals surface area contributed by atoms with Crippen LogP contribution in [0.5, 0.6) is 0 Å². The number of hydrogen-bond acceptors (Lipinski definition) is 5. The summed E-state index contributed by atoms with van der Waals surface area (Å²) >= 11 is 3.20.